The van der Waals surface area contributed by atoms with E-state index in [0.29, 0.717) is 10.5 Å². The Kier molecular flexibility index (Phi) is 3.11. The van der Waals surface area contributed by atoms with Crippen molar-refractivity contribution >= 4 is 34.5 Å². The highest BCUT2D eigenvalue weighted by Gasteiger charge is 2.05. The summed E-state index contributed by atoms with van der Waals surface area (Å²) in [4.78, 5) is 14.9. The Hall–Kier alpha value is -1.87. The molecule has 0 fully saturated rings. The van der Waals surface area contributed by atoms with Gasteiger partial charge in [-0.3, -0.25) is 4.98 Å². The molecule has 0 radical (unpaired) electrons. The molecule has 0 aliphatic rings. The highest BCUT2D eigenvalue weighted by molar-refractivity contribution is 6.35. The van der Waals surface area contributed by atoms with Crippen molar-refractivity contribution in [2.24, 2.45) is 0 Å². The van der Waals surface area contributed by atoms with E-state index in [1.54, 1.807) is 12.1 Å². The van der Waals surface area contributed by atoms with E-state index >= 15 is 0 Å². The molecule has 17 heavy (non-hydrogen) atoms. The van der Waals surface area contributed by atoms with Crippen molar-refractivity contribution < 1.29 is 9.90 Å². The summed E-state index contributed by atoms with van der Waals surface area (Å²) in [7, 11) is 0. The zero-order chi connectivity index (χ0) is 12.4. The third kappa shape index (κ3) is 2.45. The van der Waals surface area contributed by atoms with Gasteiger partial charge in [0.2, 0.25) is 0 Å². The van der Waals surface area contributed by atoms with E-state index in [2.05, 4.69) is 4.98 Å². The van der Waals surface area contributed by atoms with Crippen LogP contribution in [0.4, 0.5) is 0 Å². The standard InChI is InChI=1S/C13H10ClNO2/c1-8-7-9(5-6-12(16)17)10-3-2-4-11(14)13(10)15-8/h2-7H,1H3,(H,16,17)/b6-5+. The van der Waals surface area contributed by atoms with Gasteiger partial charge < -0.3 is 5.11 Å². The molecule has 2 aromatic rings. The fourth-order valence-corrected chi connectivity index (χ4v) is 1.89. The number of aliphatic carboxylic acids is 1. The van der Waals surface area contributed by atoms with Gasteiger partial charge >= 0.3 is 5.97 Å². The van der Waals surface area contributed by atoms with Crippen LogP contribution >= 0.6 is 11.6 Å². The second-order valence-electron chi connectivity index (χ2n) is 3.66. The number of nitrogens with zero attached hydrogens (tertiary/aromatic N) is 1. The number of hydrogen-bond acceptors (Lipinski definition) is 2. The number of aromatic nitrogens is 1. The van der Waals surface area contributed by atoms with Crippen molar-refractivity contribution in [2.45, 2.75) is 6.92 Å². The number of carbonyl (C=O) groups is 1. The number of fused-ring (bicyclic) bond motifs is 1. The predicted octanol–water partition coefficient (Wildman–Crippen LogP) is 3.29. The molecule has 0 saturated carbocycles. The van der Waals surface area contributed by atoms with E-state index in [1.807, 2.05) is 25.1 Å². The van der Waals surface area contributed by atoms with E-state index in [9.17, 15) is 4.79 Å². The van der Waals surface area contributed by atoms with Crippen LogP contribution in [-0.4, -0.2) is 16.1 Å². The Labute approximate surface area is 103 Å². The van der Waals surface area contributed by atoms with Crippen molar-refractivity contribution in [1.82, 2.24) is 4.98 Å². The fraction of sp³-hybridized carbons (Fsp3) is 0.0769. The first-order chi connectivity index (χ1) is 8.08. The molecule has 1 N–H and O–H groups in total. The topological polar surface area (TPSA) is 50.2 Å². The lowest BCUT2D eigenvalue weighted by Crippen LogP contribution is -1.90. The van der Waals surface area contributed by atoms with Crippen molar-refractivity contribution in [3.05, 3.63) is 46.6 Å². The molecule has 3 nitrogen and oxygen atoms in total. The maximum absolute atomic E-state index is 10.5. The molecule has 1 aromatic heterocycles. The van der Waals surface area contributed by atoms with Crippen LogP contribution in [0.25, 0.3) is 17.0 Å². The first-order valence-corrected chi connectivity index (χ1v) is 5.42. The number of halogens is 1. The lowest BCUT2D eigenvalue weighted by Gasteiger charge is -2.05. The normalized spacial score (nSPS) is 11.2. The van der Waals surface area contributed by atoms with Gasteiger partial charge in [0.05, 0.1) is 10.5 Å². The SMILES string of the molecule is Cc1cc(/C=C/C(=O)O)c2cccc(Cl)c2n1. The van der Waals surface area contributed by atoms with Gasteiger partial charge in [-0.15, -0.1) is 0 Å². The summed E-state index contributed by atoms with van der Waals surface area (Å²) >= 11 is 6.06. The third-order valence-corrected chi connectivity index (χ3v) is 2.66. The largest absolute Gasteiger partial charge is 0.478 e. The Morgan fingerprint density at radius 2 is 2.24 bits per heavy atom. The average molecular weight is 248 g/mol. The van der Waals surface area contributed by atoms with Crippen LogP contribution in [0.2, 0.25) is 5.02 Å². The van der Waals surface area contributed by atoms with E-state index in [1.165, 1.54) is 0 Å². The first-order valence-electron chi connectivity index (χ1n) is 5.05. The summed E-state index contributed by atoms with van der Waals surface area (Å²) in [6.07, 6.45) is 2.66. The van der Waals surface area contributed by atoms with Crippen LogP contribution < -0.4 is 0 Å². The van der Waals surface area contributed by atoms with Crippen LogP contribution in [0.15, 0.2) is 30.3 Å². The van der Waals surface area contributed by atoms with Crippen LogP contribution in [-0.2, 0) is 4.79 Å². The maximum Gasteiger partial charge on any atom is 0.328 e. The second-order valence-corrected chi connectivity index (χ2v) is 4.07. The first kappa shape index (κ1) is 11.6. The molecule has 1 aromatic carbocycles. The molecule has 0 amide bonds. The van der Waals surface area contributed by atoms with Crippen LogP contribution in [0.3, 0.4) is 0 Å². The molecule has 0 atom stereocenters. The van der Waals surface area contributed by atoms with Gasteiger partial charge in [-0.05, 0) is 30.7 Å². The Bertz CT molecular complexity index is 620. The van der Waals surface area contributed by atoms with E-state index in [0.717, 1.165) is 22.7 Å². The molecule has 0 aliphatic carbocycles. The Morgan fingerprint density at radius 3 is 2.94 bits per heavy atom. The average Bonchev–Trinajstić information content (AvgIpc) is 2.27. The van der Waals surface area contributed by atoms with Crippen molar-refractivity contribution in [3.8, 4) is 0 Å². The lowest BCUT2D eigenvalue weighted by molar-refractivity contribution is -0.131. The molecule has 4 heteroatoms. The summed E-state index contributed by atoms with van der Waals surface area (Å²) < 4.78 is 0. The van der Waals surface area contributed by atoms with Gasteiger partial charge in [0.1, 0.15) is 0 Å². The van der Waals surface area contributed by atoms with E-state index < -0.39 is 5.97 Å². The molecule has 0 aliphatic heterocycles. The van der Waals surface area contributed by atoms with Gasteiger partial charge in [0.15, 0.2) is 0 Å². The predicted molar refractivity (Wildman–Crippen MR) is 68.2 cm³/mol. The van der Waals surface area contributed by atoms with Gasteiger partial charge in [0.25, 0.3) is 0 Å². The smallest absolute Gasteiger partial charge is 0.328 e. The third-order valence-electron chi connectivity index (χ3n) is 2.36. The number of benzene rings is 1. The number of carboxylic acid groups (broad SMARTS) is 1. The van der Waals surface area contributed by atoms with Crippen molar-refractivity contribution in [2.75, 3.05) is 0 Å². The number of pyridine rings is 1. The lowest BCUT2D eigenvalue weighted by atomic mass is 10.1. The monoisotopic (exact) mass is 247 g/mol. The number of rotatable bonds is 2. The summed E-state index contributed by atoms with van der Waals surface area (Å²) in [6.45, 7) is 1.85. The van der Waals surface area contributed by atoms with Crippen molar-refractivity contribution in [1.29, 1.82) is 0 Å². The Balaban J connectivity index is 2.70. The summed E-state index contributed by atoms with van der Waals surface area (Å²) in [5.41, 5.74) is 2.30. The van der Waals surface area contributed by atoms with Crippen LogP contribution in [0.1, 0.15) is 11.3 Å². The number of carboxylic acids is 1. The minimum atomic E-state index is -0.977. The van der Waals surface area contributed by atoms with E-state index in [-0.39, 0.29) is 0 Å². The van der Waals surface area contributed by atoms with Crippen LogP contribution in [0, 0.1) is 6.92 Å². The van der Waals surface area contributed by atoms with Gasteiger partial charge in [0, 0.05) is 17.2 Å². The highest BCUT2D eigenvalue weighted by atomic mass is 35.5. The maximum atomic E-state index is 10.5. The quantitative estimate of drug-likeness (QED) is 0.829. The van der Waals surface area contributed by atoms with Gasteiger partial charge in [-0.25, -0.2) is 4.79 Å². The summed E-state index contributed by atoms with van der Waals surface area (Å²) in [5, 5.41) is 10.1. The van der Waals surface area contributed by atoms with Crippen molar-refractivity contribution in [3.63, 3.8) is 0 Å². The molecular formula is C13H10ClNO2. The minimum Gasteiger partial charge on any atom is -0.478 e. The number of para-hydroxylation sites is 1. The molecule has 0 spiro atoms. The molecule has 2 rings (SSSR count). The summed E-state index contributed by atoms with van der Waals surface area (Å²) in [6, 6.07) is 7.29. The number of aryl methyl sites for hydroxylation is 1. The summed E-state index contributed by atoms with van der Waals surface area (Å²) in [5.74, 6) is -0.977. The zero-order valence-electron chi connectivity index (χ0n) is 9.14. The van der Waals surface area contributed by atoms with Crippen LogP contribution in [0.5, 0.6) is 0 Å². The molecule has 86 valence electrons. The minimum absolute atomic E-state index is 0.566. The molecule has 0 saturated heterocycles. The van der Waals surface area contributed by atoms with Gasteiger partial charge in [-0.1, -0.05) is 23.7 Å². The number of hydrogen-bond donors (Lipinski definition) is 1. The van der Waals surface area contributed by atoms with Gasteiger partial charge in [-0.2, -0.15) is 0 Å². The fourth-order valence-electron chi connectivity index (χ4n) is 1.67. The molecule has 0 bridgehead atoms. The highest BCUT2D eigenvalue weighted by Crippen LogP contribution is 2.25. The zero-order valence-corrected chi connectivity index (χ0v) is 9.90. The second kappa shape index (κ2) is 4.55. The van der Waals surface area contributed by atoms with E-state index in [4.69, 9.17) is 16.7 Å². The Morgan fingerprint density at radius 1 is 1.47 bits per heavy atom. The molecule has 0 unspecified atom stereocenters. The molecular weight excluding hydrogens is 238 g/mol. The molecule has 1 heterocycles.